The number of aliphatic hydroxyl groups is 1. The van der Waals surface area contributed by atoms with Gasteiger partial charge in [-0.25, -0.2) is 8.42 Å². The number of rotatable bonds is 3. The molecule has 18 heavy (non-hydrogen) atoms. The Morgan fingerprint density at radius 1 is 1.33 bits per heavy atom. The molecular formula is C12H15NO4S. The van der Waals surface area contributed by atoms with Crippen molar-refractivity contribution in [3.8, 4) is 0 Å². The maximum Gasteiger partial charge on any atom is 0.228 e. The van der Waals surface area contributed by atoms with E-state index in [1.807, 2.05) is 0 Å². The lowest BCUT2D eigenvalue weighted by Gasteiger charge is -2.09. The van der Waals surface area contributed by atoms with Crippen LogP contribution in [-0.4, -0.2) is 30.9 Å². The molecule has 1 aromatic carbocycles. The summed E-state index contributed by atoms with van der Waals surface area (Å²) in [5.74, 6) is -0.678. The van der Waals surface area contributed by atoms with Crippen LogP contribution in [0, 0.1) is 5.92 Å². The summed E-state index contributed by atoms with van der Waals surface area (Å²) >= 11 is 0. The van der Waals surface area contributed by atoms with E-state index in [0.29, 0.717) is 12.1 Å². The summed E-state index contributed by atoms with van der Waals surface area (Å²) in [6, 6.07) is 6.79. The van der Waals surface area contributed by atoms with E-state index in [-0.39, 0.29) is 24.0 Å². The molecule has 2 rings (SSSR count). The third kappa shape index (κ3) is 3.08. The standard InChI is InChI=1S/C12H15NO4S/c14-7-9-1-3-11(4-2-9)13-12(15)10-5-6-18(16,17)8-10/h1-4,10,14H,5-8H2,(H,13,15). The Morgan fingerprint density at radius 2 is 2.00 bits per heavy atom. The topological polar surface area (TPSA) is 83.5 Å². The first-order valence-electron chi connectivity index (χ1n) is 5.71. The molecule has 98 valence electrons. The molecule has 1 fully saturated rings. The van der Waals surface area contributed by atoms with Gasteiger partial charge in [0.2, 0.25) is 5.91 Å². The Labute approximate surface area is 106 Å². The average molecular weight is 269 g/mol. The van der Waals surface area contributed by atoms with Crippen molar-refractivity contribution in [1.82, 2.24) is 0 Å². The number of carbonyl (C=O) groups is 1. The molecule has 6 heteroatoms. The Kier molecular flexibility index (Phi) is 3.68. The smallest absolute Gasteiger partial charge is 0.228 e. The van der Waals surface area contributed by atoms with E-state index in [1.165, 1.54) is 0 Å². The summed E-state index contributed by atoms with van der Waals surface area (Å²) in [6.45, 7) is -0.0465. The molecule has 2 N–H and O–H groups in total. The summed E-state index contributed by atoms with van der Waals surface area (Å²) in [6.07, 6.45) is 0.392. The van der Waals surface area contributed by atoms with Crippen LogP contribution in [-0.2, 0) is 21.2 Å². The van der Waals surface area contributed by atoms with E-state index in [2.05, 4.69) is 5.32 Å². The second-order valence-electron chi connectivity index (χ2n) is 4.44. The summed E-state index contributed by atoms with van der Waals surface area (Å²) in [5, 5.41) is 11.6. The largest absolute Gasteiger partial charge is 0.392 e. The highest BCUT2D eigenvalue weighted by molar-refractivity contribution is 7.91. The van der Waals surface area contributed by atoms with Crippen molar-refractivity contribution in [1.29, 1.82) is 0 Å². The number of amides is 1. The molecular weight excluding hydrogens is 254 g/mol. The minimum atomic E-state index is -3.04. The Bertz CT molecular complexity index is 536. The van der Waals surface area contributed by atoms with Gasteiger partial charge in [0.15, 0.2) is 9.84 Å². The molecule has 5 nitrogen and oxygen atoms in total. The number of benzene rings is 1. The molecule has 0 saturated carbocycles. The van der Waals surface area contributed by atoms with Gasteiger partial charge < -0.3 is 10.4 Å². The quantitative estimate of drug-likeness (QED) is 0.839. The zero-order valence-electron chi connectivity index (χ0n) is 9.80. The van der Waals surface area contributed by atoms with Crippen LogP contribution in [0.2, 0.25) is 0 Å². The first-order chi connectivity index (χ1) is 8.50. The van der Waals surface area contributed by atoms with Gasteiger partial charge in [0.25, 0.3) is 0 Å². The molecule has 0 bridgehead atoms. The van der Waals surface area contributed by atoms with Crippen LogP contribution < -0.4 is 5.32 Å². The van der Waals surface area contributed by atoms with Crippen molar-refractivity contribution in [2.24, 2.45) is 5.92 Å². The highest BCUT2D eigenvalue weighted by Crippen LogP contribution is 2.20. The fourth-order valence-corrected chi connectivity index (χ4v) is 3.68. The van der Waals surface area contributed by atoms with Crippen molar-refractivity contribution in [2.45, 2.75) is 13.0 Å². The lowest BCUT2D eigenvalue weighted by molar-refractivity contribution is -0.119. The zero-order chi connectivity index (χ0) is 13.2. The van der Waals surface area contributed by atoms with Gasteiger partial charge in [-0.2, -0.15) is 0 Å². The van der Waals surface area contributed by atoms with Gasteiger partial charge in [0, 0.05) is 5.69 Å². The summed E-state index contributed by atoms with van der Waals surface area (Å²) in [4.78, 5) is 11.8. The van der Waals surface area contributed by atoms with E-state index in [9.17, 15) is 13.2 Å². The Balaban J connectivity index is 1.99. The van der Waals surface area contributed by atoms with E-state index in [0.717, 1.165) is 5.56 Å². The predicted molar refractivity (Wildman–Crippen MR) is 67.8 cm³/mol. The maximum atomic E-state index is 11.8. The van der Waals surface area contributed by atoms with E-state index >= 15 is 0 Å². The van der Waals surface area contributed by atoms with Gasteiger partial charge in [-0.15, -0.1) is 0 Å². The highest BCUT2D eigenvalue weighted by atomic mass is 32.2. The summed E-state index contributed by atoms with van der Waals surface area (Å²) in [7, 11) is -3.04. The third-order valence-electron chi connectivity index (χ3n) is 3.01. The number of hydrogen-bond acceptors (Lipinski definition) is 4. The summed E-state index contributed by atoms with van der Waals surface area (Å²) < 4.78 is 22.5. The van der Waals surface area contributed by atoms with Gasteiger partial charge in [-0.1, -0.05) is 12.1 Å². The third-order valence-corrected chi connectivity index (χ3v) is 4.78. The molecule has 0 radical (unpaired) electrons. The van der Waals surface area contributed by atoms with Crippen LogP contribution in [0.4, 0.5) is 5.69 Å². The van der Waals surface area contributed by atoms with Crippen LogP contribution in [0.25, 0.3) is 0 Å². The molecule has 1 heterocycles. The predicted octanol–water partition coefficient (Wildman–Crippen LogP) is 0.552. The molecule has 1 aromatic rings. The van der Waals surface area contributed by atoms with Gasteiger partial charge >= 0.3 is 0 Å². The van der Waals surface area contributed by atoms with Gasteiger partial charge in [0.1, 0.15) is 0 Å². The first-order valence-corrected chi connectivity index (χ1v) is 7.53. The first kappa shape index (κ1) is 13.0. The number of sulfone groups is 1. The van der Waals surface area contributed by atoms with E-state index in [4.69, 9.17) is 5.11 Å². The number of hydrogen-bond donors (Lipinski definition) is 2. The minimum Gasteiger partial charge on any atom is -0.392 e. The second kappa shape index (κ2) is 5.07. The zero-order valence-corrected chi connectivity index (χ0v) is 10.6. The van der Waals surface area contributed by atoms with Crippen molar-refractivity contribution < 1.29 is 18.3 Å². The average Bonchev–Trinajstić information content (AvgIpc) is 2.71. The maximum absolute atomic E-state index is 11.8. The fourth-order valence-electron chi connectivity index (χ4n) is 1.94. The SMILES string of the molecule is O=C(Nc1ccc(CO)cc1)C1CCS(=O)(=O)C1. The second-order valence-corrected chi connectivity index (χ2v) is 6.67. The van der Waals surface area contributed by atoms with E-state index < -0.39 is 15.8 Å². The van der Waals surface area contributed by atoms with E-state index in [1.54, 1.807) is 24.3 Å². The van der Waals surface area contributed by atoms with Crippen molar-refractivity contribution in [3.05, 3.63) is 29.8 Å². The van der Waals surface area contributed by atoms with Gasteiger partial charge in [-0.3, -0.25) is 4.79 Å². The van der Waals surface area contributed by atoms with Crippen LogP contribution in [0.3, 0.4) is 0 Å². The molecule has 1 saturated heterocycles. The van der Waals surface area contributed by atoms with Crippen molar-refractivity contribution in [2.75, 3.05) is 16.8 Å². The molecule has 1 aliphatic rings. The molecule has 0 aromatic heterocycles. The van der Waals surface area contributed by atoms with Crippen LogP contribution in [0.1, 0.15) is 12.0 Å². The Morgan fingerprint density at radius 3 is 2.50 bits per heavy atom. The molecule has 0 aliphatic carbocycles. The van der Waals surface area contributed by atoms with Crippen LogP contribution in [0.15, 0.2) is 24.3 Å². The number of carbonyl (C=O) groups excluding carboxylic acids is 1. The number of nitrogens with one attached hydrogen (secondary N) is 1. The van der Waals surface area contributed by atoms with Gasteiger partial charge in [0.05, 0.1) is 24.0 Å². The fraction of sp³-hybridized carbons (Fsp3) is 0.417. The lowest BCUT2D eigenvalue weighted by Crippen LogP contribution is -2.23. The van der Waals surface area contributed by atoms with Crippen LogP contribution in [0.5, 0.6) is 0 Å². The molecule has 1 amide bonds. The highest BCUT2D eigenvalue weighted by Gasteiger charge is 2.32. The summed E-state index contributed by atoms with van der Waals surface area (Å²) in [5.41, 5.74) is 1.37. The number of aliphatic hydroxyl groups excluding tert-OH is 1. The van der Waals surface area contributed by atoms with Crippen LogP contribution >= 0.6 is 0 Å². The minimum absolute atomic E-state index is 0.0465. The van der Waals surface area contributed by atoms with Gasteiger partial charge in [-0.05, 0) is 24.1 Å². The molecule has 0 spiro atoms. The Hall–Kier alpha value is -1.40. The number of anilines is 1. The lowest BCUT2D eigenvalue weighted by atomic mass is 10.1. The monoisotopic (exact) mass is 269 g/mol. The van der Waals surface area contributed by atoms with Crippen molar-refractivity contribution in [3.63, 3.8) is 0 Å². The van der Waals surface area contributed by atoms with Crippen molar-refractivity contribution >= 4 is 21.4 Å². The molecule has 1 aliphatic heterocycles. The molecule has 1 atom stereocenters. The molecule has 1 unspecified atom stereocenters. The normalized spacial score (nSPS) is 21.7.